The molecule has 17 heavy (non-hydrogen) atoms. The molecule has 2 rings (SSSR count). The summed E-state index contributed by atoms with van der Waals surface area (Å²) in [4.78, 5) is 4.49. The van der Waals surface area contributed by atoms with Crippen molar-refractivity contribution in [1.29, 1.82) is 0 Å². The molecule has 0 aliphatic heterocycles. The number of aliphatic hydroxyl groups is 1. The molecule has 0 saturated carbocycles. The molecule has 2 aromatic rings. The van der Waals surface area contributed by atoms with Crippen molar-refractivity contribution in [2.45, 2.75) is 17.4 Å². The van der Waals surface area contributed by atoms with Crippen LogP contribution < -0.4 is 0 Å². The Morgan fingerprint density at radius 3 is 3.06 bits per heavy atom. The number of benzene rings is 1. The molecule has 1 N–H and O–H groups in total. The monoisotopic (exact) mass is 269 g/mol. The summed E-state index contributed by atoms with van der Waals surface area (Å²) in [6.45, 7) is 2.96. The third-order valence-corrected chi connectivity index (χ3v) is 4.51. The number of hydrogen-bond donors (Lipinski definition) is 1. The van der Waals surface area contributed by atoms with Gasteiger partial charge < -0.3 is 9.84 Å². The van der Waals surface area contributed by atoms with Gasteiger partial charge in [-0.15, -0.1) is 11.3 Å². The Hall–Kier alpha value is -0.620. The zero-order valence-corrected chi connectivity index (χ0v) is 11.3. The summed E-state index contributed by atoms with van der Waals surface area (Å²) >= 11 is 3.25. The predicted molar refractivity (Wildman–Crippen MR) is 72.8 cm³/mol. The standard InChI is InChI=1S/C12H15NO2S2/c1-2-15-7-9(14)8-16-12-13-10-5-3-4-6-11(10)17-12/h3-6,9,14H,2,7-8H2,1H3/t9-/m1/s1. The van der Waals surface area contributed by atoms with Crippen LogP contribution in [0.3, 0.4) is 0 Å². The number of rotatable bonds is 6. The van der Waals surface area contributed by atoms with Gasteiger partial charge in [-0.3, -0.25) is 0 Å². The van der Waals surface area contributed by atoms with E-state index < -0.39 is 6.10 Å². The average Bonchev–Trinajstić information content (AvgIpc) is 2.76. The van der Waals surface area contributed by atoms with Gasteiger partial charge in [-0.1, -0.05) is 23.9 Å². The van der Waals surface area contributed by atoms with Crippen molar-refractivity contribution in [2.75, 3.05) is 19.0 Å². The van der Waals surface area contributed by atoms with E-state index in [1.165, 1.54) is 4.70 Å². The summed E-state index contributed by atoms with van der Waals surface area (Å²) < 4.78 is 7.35. The van der Waals surface area contributed by atoms with E-state index in [4.69, 9.17) is 4.74 Å². The maximum atomic E-state index is 9.65. The van der Waals surface area contributed by atoms with Crippen LogP contribution in [0.25, 0.3) is 10.2 Å². The molecule has 1 heterocycles. The van der Waals surface area contributed by atoms with Crippen LogP contribution in [0.2, 0.25) is 0 Å². The number of para-hydroxylation sites is 1. The molecular weight excluding hydrogens is 254 g/mol. The van der Waals surface area contributed by atoms with Gasteiger partial charge in [-0.2, -0.15) is 0 Å². The van der Waals surface area contributed by atoms with Gasteiger partial charge in [0.15, 0.2) is 4.34 Å². The van der Waals surface area contributed by atoms with Gasteiger partial charge in [-0.25, -0.2) is 4.98 Å². The summed E-state index contributed by atoms with van der Waals surface area (Å²) in [6.07, 6.45) is -0.424. The second kappa shape index (κ2) is 6.35. The first-order valence-corrected chi connectivity index (χ1v) is 7.34. The number of ether oxygens (including phenoxy) is 1. The highest BCUT2D eigenvalue weighted by Gasteiger charge is 2.08. The van der Waals surface area contributed by atoms with Gasteiger partial charge in [0.1, 0.15) is 0 Å². The lowest BCUT2D eigenvalue weighted by Crippen LogP contribution is -2.17. The van der Waals surface area contributed by atoms with Crippen LogP contribution in [0.15, 0.2) is 28.6 Å². The van der Waals surface area contributed by atoms with Crippen LogP contribution in [0.5, 0.6) is 0 Å². The Balaban J connectivity index is 1.90. The van der Waals surface area contributed by atoms with Crippen molar-refractivity contribution >= 4 is 33.3 Å². The Bertz CT molecular complexity index is 439. The maximum Gasteiger partial charge on any atom is 0.151 e. The van der Waals surface area contributed by atoms with Gasteiger partial charge in [0, 0.05) is 12.4 Å². The molecule has 0 aliphatic carbocycles. The Morgan fingerprint density at radius 2 is 2.29 bits per heavy atom. The van der Waals surface area contributed by atoms with Crippen LogP contribution in [0, 0.1) is 0 Å². The van der Waals surface area contributed by atoms with Gasteiger partial charge in [-0.05, 0) is 19.1 Å². The quantitative estimate of drug-likeness (QED) is 0.819. The van der Waals surface area contributed by atoms with Gasteiger partial charge in [0.05, 0.1) is 22.9 Å². The fraction of sp³-hybridized carbons (Fsp3) is 0.417. The Kier molecular flexibility index (Phi) is 4.79. The molecule has 0 saturated heterocycles. The summed E-state index contributed by atoms with van der Waals surface area (Å²) in [5, 5.41) is 9.65. The molecule has 0 fully saturated rings. The van der Waals surface area contributed by atoms with E-state index in [2.05, 4.69) is 11.1 Å². The summed E-state index contributed by atoms with van der Waals surface area (Å²) in [5.41, 5.74) is 1.03. The molecule has 0 bridgehead atoms. The molecule has 0 radical (unpaired) electrons. The first-order valence-electron chi connectivity index (χ1n) is 5.53. The van der Waals surface area contributed by atoms with Crippen LogP contribution in [-0.2, 0) is 4.74 Å². The predicted octanol–water partition coefficient (Wildman–Crippen LogP) is 2.79. The lowest BCUT2D eigenvalue weighted by molar-refractivity contribution is 0.0551. The molecule has 1 atom stereocenters. The first kappa shape index (κ1) is 12.8. The van der Waals surface area contributed by atoms with Crippen LogP contribution in [-0.4, -0.2) is 35.2 Å². The topological polar surface area (TPSA) is 42.4 Å². The second-order valence-corrected chi connectivity index (χ2v) is 5.87. The highest BCUT2D eigenvalue weighted by atomic mass is 32.2. The zero-order valence-electron chi connectivity index (χ0n) is 9.63. The van der Waals surface area contributed by atoms with E-state index in [1.54, 1.807) is 23.1 Å². The minimum absolute atomic E-state index is 0.397. The number of thiazole rings is 1. The van der Waals surface area contributed by atoms with E-state index in [9.17, 15) is 5.11 Å². The Labute approximate surface area is 109 Å². The van der Waals surface area contributed by atoms with Crippen molar-refractivity contribution in [3.63, 3.8) is 0 Å². The van der Waals surface area contributed by atoms with E-state index in [0.29, 0.717) is 19.0 Å². The minimum Gasteiger partial charge on any atom is -0.390 e. The molecule has 0 unspecified atom stereocenters. The molecule has 1 aromatic heterocycles. The maximum absolute atomic E-state index is 9.65. The fourth-order valence-electron chi connectivity index (χ4n) is 1.38. The molecule has 0 aliphatic rings. The van der Waals surface area contributed by atoms with Crippen LogP contribution >= 0.6 is 23.1 Å². The summed E-state index contributed by atoms with van der Waals surface area (Å²) in [6, 6.07) is 8.07. The second-order valence-electron chi connectivity index (χ2n) is 3.57. The highest BCUT2D eigenvalue weighted by molar-refractivity contribution is 8.01. The smallest absolute Gasteiger partial charge is 0.151 e. The van der Waals surface area contributed by atoms with E-state index in [1.807, 2.05) is 25.1 Å². The number of aliphatic hydroxyl groups excluding tert-OH is 1. The molecule has 5 heteroatoms. The molecular formula is C12H15NO2S2. The number of thioether (sulfide) groups is 1. The fourth-order valence-corrected chi connectivity index (χ4v) is 3.38. The first-order chi connectivity index (χ1) is 8.29. The van der Waals surface area contributed by atoms with Crippen LogP contribution in [0.4, 0.5) is 0 Å². The third-order valence-electron chi connectivity index (χ3n) is 2.19. The molecule has 1 aromatic carbocycles. The van der Waals surface area contributed by atoms with E-state index in [0.717, 1.165) is 9.86 Å². The molecule has 0 amide bonds. The van der Waals surface area contributed by atoms with Crippen molar-refractivity contribution in [3.05, 3.63) is 24.3 Å². The van der Waals surface area contributed by atoms with Crippen molar-refractivity contribution < 1.29 is 9.84 Å². The lowest BCUT2D eigenvalue weighted by atomic mass is 10.3. The van der Waals surface area contributed by atoms with Crippen molar-refractivity contribution in [3.8, 4) is 0 Å². The van der Waals surface area contributed by atoms with Crippen LogP contribution in [0.1, 0.15) is 6.92 Å². The van der Waals surface area contributed by atoms with E-state index in [-0.39, 0.29) is 0 Å². The largest absolute Gasteiger partial charge is 0.390 e. The molecule has 3 nitrogen and oxygen atoms in total. The average molecular weight is 269 g/mol. The molecule has 0 spiro atoms. The van der Waals surface area contributed by atoms with Gasteiger partial charge in [0.25, 0.3) is 0 Å². The number of hydrogen-bond acceptors (Lipinski definition) is 5. The van der Waals surface area contributed by atoms with Crippen molar-refractivity contribution in [1.82, 2.24) is 4.98 Å². The van der Waals surface area contributed by atoms with E-state index >= 15 is 0 Å². The number of aromatic nitrogens is 1. The van der Waals surface area contributed by atoms with Gasteiger partial charge in [0.2, 0.25) is 0 Å². The highest BCUT2D eigenvalue weighted by Crippen LogP contribution is 2.29. The minimum atomic E-state index is -0.424. The SMILES string of the molecule is CCOC[C@@H](O)CSc1nc2ccccc2s1. The lowest BCUT2D eigenvalue weighted by Gasteiger charge is -2.08. The number of nitrogens with zero attached hydrogens (tertiary/aromatic N) is 1. The van der Waals surface area contributed by atoms with Gasteiger partial charge >= 0.3 is 0 Å². The Morgan fingerprint density at radius 1 is 1.47 bits per heavy atom. The zero-order chi connectivity index (χ0) is 12.1. The molecule has 92 valence electrons. The third kappa shape index (κ3) is 3.67. The number of fused-ring (bicyclic) bond motifs is 1. The normalized spacial score (nSPS) is 13.1. The summed E-state index contributed by atoms with van der Waals surface area (Å²) in [7, 11) is 0. The summed E-state index contributed by atoms with van der Waals surface area (Å²) in [5.74, 6) is 0.625. The van der Waals surface area contributed by atoms with Crippen molar-refractivity contribution in [2.24, 2.45) is 0 Å².